The summed E-state index contributed by atoms with van der Waals surface area (Å²) in [4.78, 5) is 118. The van der Waals surface area contributed by atoms with E-state index < -0.39 is 146 Å². The summed E-state index contributed by atoms with van der Waals surface area (Å²) in [7, 11) is 2.84. The van der Waals surface area contributed by atoms with E-state index >= 15 is 4.79 Å². The van der Waals surface area contributed by atoms with Gasteiger partial charge in [0.1, 0.15) is 85.4 Å². The maximum atomic E-state index is 15.0. The largest absolute Gasteiger partial charge is 0.493 e. The number of nitrogens with two attached hydrogens (primary N) is 1. The average Bonchev–Trinajstić information content (AvgIpc) is 1.61. The number of hydrogen-bond donors (Lipinski definition) is 11. The van der Waals surface area contributed by atoms with Gasteiger partial charge < -0.3 is 123 Å². The molecule has 35 nitrogen and oxygen atoms in total. The number of rotatable bonds is 37. The van der Waals surface area contributed by atoms with Gasteiger partial charge in [-0.05, 0) is 140 Å². The normalized spacial score (nSPS) is 24.3. The Bertz CT molecular complexity index is 4400. The van der Waals surface area contributed by atoms with Crippen LogP contribution < -0.4 is 39.2 Å². The standard InChI is InChI=1S/C80H94N4O31/c1-41-28-54-66(90)65(77(101)109-38-43-12-19-60(52(30-43)57(86)11-9-24-112-81)114-79-71(95)68(92)69(93)72(115-79)76(99)100)48-33-61(42(2)29-49(48)73(96)82(54)36-41)107-22-6-5-7-23-108-63-35-53-50(34-62(63)104-4)74(97)83-37-46(45-14-16-47(17-15-45)106-27-26-105-25-20-64(88)89)32-55(83)75(98)84(53)80(102)111-39-44-13-18-59(51(31-44)56(85)10-8-21-103-3)113-78-70(94)67(91)58(87)40-110-78/h12-19,29-31,33-35,37,54-55,58,65-72,75,78-79,87,90-95,98H,1,5-11,20-28,32,36,38-40,81H2,2-4H3,(H,88,89)(H,99,100)/t54-,55-,58+,65?,66?,67-,68-,69-,70+,71+,72-,75?,78-,79+/m0/s1. The minimum atomic E-state index is -2.02. The molecule has 3 saturated heterocycles. The van der Waals surface area contributed by atoms with Crippen LogP contribution in [0.2, 0.25) is 0 Å². The Hall–Kier alpha value is -10.2. The van der Waals surface area contributed by atoms with E-state index in [4.69, 9.17) is 67.8 Å². The van der Waals surface area contributed by atoms with E-state index in [1.165, 1.54) is 78.6 Å². The van der Waals surface area contributed by atoms with Gasteiger partial charge in [0, 0.05) is 50.9 Å². The summed E-state index contributed by atoms with van der Waals surface area (Å²) < 4.78 is 69.1. The molecule has 3 fully saturated rings. The van der Waals surface area contributed by atoms with Crippen molar-refractivity contribution in [3.05, 3.63) is 153 Å². The number of anilines is 1. The number of carbonyl (C=O) groups is 8. The average molecular weight is 1610 g/mol. The van der Waals surface area contributed by atoms with E-state index in [0.29, 0.717) is 53.7 Å². The number of Topliss-reactive ketones (excluding diaryl/α,β-unsaturated/α-hetero) is 2. The molecule has 11 rings (SSSR count). The zero-order chi connectivity index (χ0) is 82.5. The van der Waals surface area contributed by atoms with Gasteiger partial charge in [0.05, 0.1) is 93.7 Å². The van der Waals surface area contributed by atoms with Gasteiger partial charge >= 0.3 is 24.0 Å². The topological polar surface area (TPSA) is 495 Å². The van der Waals surface area contributed by atoms with E-state index in [0.717, 1.165) is 4.90 Å². The quantitative estimate of drug-likeness (QED) is 0.00886. The van der Waals surface area contributed by atoms with E-state index in [1.54, 1.807) is 43.5 Å². The van der Waals surface area contributed by atoms with Crippen LogP contribution in [0, 0.1) is 6.92 Å². The molecule has 6 aliphatic rings. The second-order valence-electron chi connectivity index (χ2n) is 28.4. The number of nitrogens with zero attached hydrogens (tertiary/aromatic N) is 3. The summed E-state index contributed by atoms with van der Waals surface area (Å²) in [6.07, 6.45) is -17.3. The van der Waals surface area contributed by atoms with Crippen LogP contribution >= 0.6 is 0 Å². The first-order chi connectivity index (χ1) is 55.2. The summed E-state index contributed by atoms with van der Waals surface area (Å²) in [6.45, 7) is 5.18. The van der Waals surface area contributed by atoms with Crippen LogP contribution in [0.4, 0.5) is 10.5 Å². The molecule has 0 radical (unpaired) electrons. The first kappa shape index (κ1) is 85.7. The number of fused-ring (bicyclic) bond motifs is 4. The third-order valence-electron chi connectivity index (χ3n) is 20.4. The van der Waals surface area contributed by atoms with Crippen molar-refractivity contribution in [2.24, 2.45) is 5.90 Å². The van der Waals surface area contributed by atoms with Crippen molar-refractivity contribution in [2.45, 2.75) is 170 Å². The molecule has 0 saturated carbocycles. The number of aryl methyl sites for hydroxylation is 1. The molecule has 0 bridgehead atoms. The highest BCUT2D eigenvalue weighted by Gasteiger charge is 2.51. The summed E-state index contributed by atoms with van der Waals surface area (Å²) in [5, 5.41) is 106. The lowest BCUT2D eigenvalue weighted by atomic mass is 9.86. The Morgan fingerprint density at radius 3 is 1.90 bits per heavy atom. The Labute approximate surface area is 659 Å². The minimum absolute atomic E-state index is 0.00239. The number of unbranched alkanes of at least 4 members (excludes halogenated alkanes) is 2. The molecule has 0 aromatic heterocycles. The molecule has 14 atom stereocenters. The lowest BCUT2D eigenvalue weighted by molar-refractivity contribution is -0.271. The lowest BCUT2D eigenvalue weighted by Gasteiger charge is -2.38. The van der Waals surface area contributed by atoms with Gasteiger partial charge in [-0.25, -0.2) is 20.4 Å². The first-order valence-corrected chi connectivity index (χ1v) is 37.4. The maximum Gasteiger partial charge on any atom is 0.416 e. The first-order valence-electron chi connectivity index (χ1n) is 37.4. The molecule has 0 spiro atoms. The highest BCUT2D eigenvalue weighted by atomic mass is 16.7. The molecule has 5 aromatic rings. The van der Waals surface area contributed by atoms with Crippen molar-refractivity contribution in [3.63, 3.8) is 0 Å². The Morgan fingerprint density at radius 2 is 1.24 bits per heavy atom. The van der Waals surface area contributed by atoms with Gasteiger partial charge in [-0.2, -0.15) is 0 Å². The number of carbonyl (C=O) groups excluding carboxylic acids is 6. The number of ketones is 2. The predicted molar refractivity (Wildman–Crippen MR) is 398 cm³/mol. The molecular weight excluding hydrogens is 1510 g/mol. The molecule has 6 heterocycles. The van der Waals surface area contributed by atoms with E-state index in [9.17, 15) is 79.5 Å². The van der Waals surface area contributed by atoms with Crippen LogP contribution in [0.15, 0.2) is 103 Å². The second-order valence-corrected chi connectivity index (χ2v) is 28.4. The number of carboxylic acids is 2. The molecule has 6 aliphatic heterocycles. The number of benzene rings is 5. The van der Waals surface area contributed by atoms with Crippen LogP contribution in [0.1, 0.15) is 139 Å². The number of amides is 3. The van der Waals surface area contributed by atoms with Crippen molar-refractivity contribution < 1.29 is 151 Å². The van der Waals surface area contributed by atoms with Crippen molar-refractivity contribution >= 4 is 58.6 Å². The molecule has 3 amide bonds. The van der Waals surface area contributed by atoms with Gasteiger partial charge in [0.2, 0.25) is 12.6 Å². The molecular formula is C80H94N4O31. The summed E-state index contributed by atoms with van der Waals surface area (Å²) in [6, 6.07) is 19.1. The SMILES string of the molecule is C=C1C[C@H]2C(O)C(C(=O)OCc3ccc(O[C@@H]4O[C@H](C(=O)O)[C@@H](O)[C@H](O)[C@H]4O)c(C(=O)CCCON)c3)c3cc(OCCCCCOc4cc5c(cc4OC)C(=O)N4C=C(c6ccc(OCCOCCC(=O)O)cc6)C[C@H]4C(O)N5C(=O)OCc4ccc(O[C@@H]5OC[C@@H](O)[C@H](O)[C@H]5O)c(C(=O)CCCOC)c4)c(C)cc3C(=O)N2C1. The number of hydrogen-bond acceptors (Lipinski definition) is 30. The fourth-order valence-corrected chi connectivity index (χ4v) is 14.3. The fourth-order valence-electron chi connectivity index (χ4n) is 14.3. The van der Waals surface area contributed by atoms with E-state index in [-0.39, 0.29) is 171 Å². The smallest absolute Gasteiger partial charge is 0.416 e. The Morgan fingerprint density at radius 1 is 0.591 bits per heavy atom. The Balaban J connectivity index is 0.789. The molecule has 5 aromatic carbocycles. The second kappa shape index (κ2) is 38.9. The van der Waals surface area contributed by atoms with Gasteiger partial charge in [0.15, 0.2) is 35.4 Å². The molecule has 620 valence electrons. The Kier molecular flexibility index (Phi) is 29.0. The van der Waals surface area contributed by atoms with Gasteiger partial charge in [0.25, 0.3) is 11.8 Å². The zero-order valence-corrected chi connectivity index (χ0v) is 63.3. The summed E-state index contributed by atoms with van der Waals surface area (Å²) >= 11 is 0. The fraction of sp³-hybridized carbons (Fsp3) is 0.475. The lowest BCUT2D eigenvalue weighted by Crippen LogP contribution is -2.61. The number of aliphatic hydroxyl groups excluding tert-OH is 8. The van der Waals surface area contributed by atoms with Crippen molar-refractivity contribution in [2.75, 3.05) is 78.5 Å². The van der Waals surface area contributed by atoms with E-state index in [2.05, 4.69) is 11.4 Å². The number of methoxy groups -OCH3 is 2. The van der Waals surface area contributed by atoms with Crippen LogP contribution in [-0.4, -0.2) is 262 Å². The highest BCUT2D eigenvalue weighted by Crippen LogP contribution is 2.46. The molecule has 12 N–H and O–H groups in total. The molecule has 3 unspecified atom stereocenters. The molecule has 35 heteroatoms. The van der Waals surface area contributed by atoms with Gasteiger partial charge in [-0.15, -0.1) is 0 Å². The third-order valence-corrected chi connectivity index (χ3v) is 20.4. The monoisotopic (exact) mass is 1610 g/mol. The molecule has 115 heavy (non-hydrogen) atoms. The number of esters is 1. The molecule has 0 aliphatic carbocycles. The zero-order valence-electron chi connectivity index (χ0n) is 63.3. The number of aliphatic carboxylic acids is 2. The van der Waals surface area contributed by atoms with Crippen molar-refractivity contribution in [1.29, 1.82) is 0 Å². The predicted octanol–water partition coefficient (Wildman–Crippen LogP) is 3.76. The van der Waals surface area contributed by atoms with Crippen LogP contribution in [-0.2, 0) is 60.9 Å². The van der Waals surface area contributed by atoms with Crippen LogP contribution in [0.3, 0.4) is 0 Å². The number of ether oxygens (including phenoxy) is 12. The third kappa shape index (κ3) is 20.0. The minimum Gasteiger partial charge on any atom is -0.493 e. The van der Waals surface area contributed by atoms with E-state index in [1.807, 2.05) is 0 Å². The summed E-state index contributed by atoms with van der Waals surface area (Å²) in [5.74, 6) is -1.32. The van der Waals surface area contributed by atoms with Crippen molar-refractivity contribution in [1.82, 2.24) is 9.80 Å². The number of carboxylic acid groups (broad SMARTS) is 2. The number of aliphatic hydroxyl groups is 8. The van der Waals surface area contributed by atoms with Gasteiger partial charge in [-0.3, -0.25) is 28.8 Å². The highest BCUT2D eigenvalue weighted by molar-refractivity contribution is 6.07. The van der Waals surface area contributed by atoms with Gasteiger partial charge in [-0.1, -0.05) is 36.4 Å². The van der Waals surface area contributed by atoms with Crippen LogP contribution in [0.25, 0.3) is 5.57 Å². The summed E-state index contributed by atoms with van der Waals surface area (Å²) in [5.41, 5.74) is 2.80. The van der Waals surface area contributed by atoms with Crippen molar-refractivity contribution in [3.8, 4) is 34.5 Å². The van der Waals surface area contributed by atoms with Crippen LogP contribution in [0.5, 0.6) is 34.5 Å². The maximum absolute atomic E-state index is 15.0.